The Hall–Kier alpha value is -0.960. The second-order valence-electron chi connectivity index (χ2n) is 5.03. The van der Waals surface area contributed by atoms with E-state index in [1.165, 1.54) is 12.5 Å². The zero-order valence-electron chi connectivity index (χ0n) is 9.26. The van der Waals surface area contributed by atoms with Crippen molar-refractivity contribution >= 4 is 0 Å². The van der Waals surface area contributed by atoms with E-state index < -0.39 is 5.82 Å². The van der Waals surface area contributed by atoms with Crippen LogP contribution in [-0.4, -0.2) is 6.04 Å². The van der Waals surface area contributed by atoms with Crippen LogP contribution in [0.3, 0.4) is 0 Å². The maximum atomic E-state index is 13.5. The highest BCUT2D eigenvalue weighted by atomic mass is 19.1. The Bertz CT molecular complexity index is 430. The van der Waals surface area contributed by atoms with Crippen LogP contribution in [0.25, 0.3) is 0 Å². The molecule has 2 aliphatic rings. The molecule has 0 bridgehead atoms. The summed E-state index contributed by atoms with van der Waals surface area (Å²) in [5, 5.41) is 3.48. The zero-order chi connectivity index (χ0) is 11.3. The summed E-state index contributed by atoms with van der Waals surface area (Å²) < 4.78 is 26.6. The molecular formula is C13H15F2N. The molecule has 2 aliphatic carbocycles. The van der Waals surface area contributed by atoms with Gasteiger partial charge < -0.3 is 5.32 Å². The van der Waals surface area contributed by atoms with E-state index in [1.807, 2.05) is 0 Å². The number of nitrogens with one attached hydrogen (secondary N) is 1. The fourth-order valence-electron chi connectivity index (χ4n) is 2.63. The van der Waals surface area contributed by atoms with Crippen LogP contribution < -0.4 is 5.32 Å². The van der Waals surface area contributed by atoms with E-state index in [4.69, 9.17) is 0 Å². The summed E-state index contributed by atoms with van der Waals surface area (Å²) in [6, 6.07) is 3.16. The van der Waals surface area contributed by atoms with Crippen molar-refractivity contribution in [2.24, 2.45) is 5.92 Å². The van der Waals surface area contributed by atoms with Crippen LogP contribution >= 0.6 is 0 Å². The molecule has 1 aromatic carbocycles. The van der Waals surface area contributed by atoms with Gasteiger partial charge in [-0.2, -0.15) is 0 Å². The SMILES string of the molecule is CC1CC1NC1CCc2c(F)cc(F)cc21. The summed E-state index contributed by atoms with van der Waals surface area (Å²) in [6.07, 6.45) is 2.79. The summed E-state index contributed by atoms with van der Waals surface area (Å²) in [7, 11) is 0. The van der Waals surface area contributed by atoms with Crippen LogP contribution in [0.2, 0.25) is 0 Å². The summed E-state index contributed by atoms with van der Waals surface area (Å²) in [5.74, 6) is -0.139. The Morgan fingerprint density at radius 1 is 1.31 bits per heavy atom. The first kappa shape index (κ1) is 10.2. The number of fused-ring (bicyclic) bond motifs is 1. The molecule has 0 aliphatic heterocycles. The van der Waals surface area contributed by atoms with Crippen molar-refractivity contribution in [2.45, 2.75) is 38.3 Å². The lowest BCUT2D eigenvalue weighted by molar-refractivity contribution is 0.510. The minimum Gasteiger partial charge on any atom is -0.307 e. The third-order valence-electron chi connectivity index (χ3n) is 3.78. The lowest BCUT2D eigenvalue weighted by Gasteiger charge is -2.13. The minimum atomic E-state index is -0.464. The highest BCUT2D eigenvalue weighted by Gasteiger charge is 2.36. The topological polar surface area (TPSA) is 12.0 Å². The van der Waals surface area contributed by atoms with Crippen molar-refractivity contribution in [3.05, 3.63) is 34.9 Å². The molecule has 1 N–H and O–H groups in total. The summed E-state index contributed by atoms with van der Waals surface area (Å²) in [5.41, 5.74) is 1.53. The van der Waals surface area contributed by atoms with Gasteiger partial charge in [0, 0.05) is 18.2 Å². The molecule has 0 amide bonds. The van der Waals surface area contributed by atoms with Crippen LogP contribution in [0.4, 0.5) is 8.78 Å². The predicted octanol–water partition coefficient (Wildman–Crippen LogP) is 2.95. The first-order valence-electron chi connectivity index (χ1n) is 5.89. The second kappa shape index (κ2) is 3.52. The lowest BCUT2D eigenvalue weighted by atomic mass is 10.1. The van der Waals surface area contributed by atoms with E-state index in [0.717, 1.165) is 24.5 Å². The Morgan fingerprint density at radius 3 is 2.75 bits per heavy atom. The van der Waals surface area contributed by atoms with Gasteiger partial charge in [0.05, 0.1) is 0 Å². The molecule has 0 spiro atoms. The van der Waals surface area contributed by atoms with Gasteiger partial charge >= 0.3 is 0 Å². The van der Waals surface area contributed by atoms with Crippen molar-refractivity contribution in [1.29, 1.82) is 0 Å². The van der Waals surface area contributed by atoms with Crippen LogP contribution in [-0.2, 0) is 6.42 Å². The molecule has 0 aromatic heterocycles. The molecule has 1 fully saturated rings. The van der Waals surface area contributed by atoms with Crippen LogP contribution in [0.1, 0.15) is 36.9 Å². The minimum absolute atomic E-state index is 0.148. The predicted molar refractivity (Wildman–Crippen MR) is 58.1 cm³/mol. The molecule has 16 heavy (non-hydrogen) atoms. The van der Waals surface area contributed by atoms with E-state index in [1.54, 1.807) is 0 Å². The summed E-state index contributed by atoms with van der Waals surface area (Å²) >= 11 is 0. The van der Waals surface area contributed by atoms with Gasteiger partial charge in [-0.15, -0.1) is 0 Å². The molecule has 86 valence electrons. The third kappa shape index (κ3) is 1.63. The number of hydrogen-bond donors (Lipinski definition) is 1. The smallest absolute Gasteiger partial charge is 0.129 e. The Labute approximate surface area is 93.9 Å². The van der Waals surface area contributed by atoms with Crippen molar-refractivity contribution in [1.82, 2.24) is 5.32 Å². The van der Waals surface area contributed by atoms with Crippen LogP contribution in [0, 0.1) is 17.6 Å². The monoisotopic (exact) mass is 223 g/mol. The molecular weight excluding hydrogens is 208 g/mol. The van der Waals surface area contributed by atoms with Gasteiger partial charge in [0.2, 0.25) is 0 Å². The van der Waals surface area contributed by atoms with Gasteiger partial charge in [-0.1, -0.05) is 6.92 Å². The maximum Gasteiger partial charge on any atom is 0.129 e. The third-order valence-corrected chi connectivity index (χ3v) is 3.78. The molecule has 1 nitrogen and oxygen atoms in total. The van der Waals surface area contributed by atoms with Gasteiger partial charge in [-0.25, -0.2) is 8.78 Å². The van der Waals surface area contributed by atoms with Gasteiger partial charge in [-0.3, -0.25) is 0 Å². The summed E-state index contributed by atoms with van der Waals surface area (Å²) in [6.45, 7) is 2.19. The second-order valence-corrected chi connectivity index (χ2v) is 5.03. The normalized spacial score (nSPS) is 31.6. The molecule has 3 unspecified atom stereocenters. The summed E-state index contributed by atoms with van der Waals surface area (Å²) in [4.78, 5) is 0. The first-order chi connectivity index (χ1) is 7.65. The van der Waals surface area contributed by atoms with Gasteiger partial charge in [0.1, 0.15) is 11.6 Å². The van der Waals surface area contributed by atoms with Crippen molar-refractivity contribution < 1.29 is 8.78 Å². The molecule has 1 saturated carbocycles. The van der Waals surface area contributed by atoms with Crippen molar-refractivity contribution in [2.75, 3.05) is 0 Å². The number of rotatable bonds is 2. The highest BCUT2D eigenvalue weighted by molar-refractivity contribution is 5.36. The Balaban J connectivity index is 1.86. The first-order valence-corrected chi connectivity index (χ1v) is 5.89. The standard InChI is InChI=1S/C13H15F2N/c1-7-4-13(7)16-12-3-2-9-10(12)5-8(14)6-11(9)15/h5-7,12-13,16H,2-4H2,1H3. The number of benzene rings is 1. The van der Waals surface area contributed by atoms with E-state index in [9.17, 15) is 8.78 Å². The molecule has 0 radical (unpaired) electrons. The van der Waals surface area contributed by atoms with Crippen molar-refractivity contribution in [3.8, 4) is 0 Å². The van der Waals surface area contributed by atoms with Gasteiger partial charge in [0.25, 0.3) is 0 Å². The van der Waals surface area contributed by atoms with Crippen molar-refractivity contribution in [3.63, 3.8) is 0 Å². The van der Waals surface area contributed by atoms with Crippen LogP contribution in [0.5, 0.6) is 0 Å². The number of hydrogen-bond acceptors (Lipinski definition) is 1. The molecule has 3 rings (SSSR count). The van der Waals surface area contributed by atoms with E-state index >= 15 is 0 Å². The molecule has 0 saturated heterocycles. The quantitative estimate of drug-likeness (QED) is 0.812. The van der Waals surface area contributed by atoms with E-state index in [0.29, 0.717) is 17.5 Å². The van der Waals surface area contributed by atoms with Crippen LogP contribution in [0.15, 0.2) is 12.1 Å². The lowest BCUT2D eigenvalue weighted by Crippen LogP contribution is -2.22. The van der Waals surface area contributed by atoms with E-state index in [-0.39, 0.29) is 11.9 Å². The fraction of sp³-hybridized carbons (Fsp3) is 0.538. The average molecular weight is 223 g/mol. The molecule has 0 heterocycles. The maximum absolute atomic E-state index is 13.5. The molecule has 1 aromatic rings. The van der Waals surface area contributed by atoms with Gasteiger partial charge in [-0.05, 0) is 42.4 Å². The highest BCUT2D eigenvalue weighted by Crippen LogP contribution is 2.38. The average Bonchev–Trinajstić information content (AvgIpc) is 2.72. The van der Waals surface area contributed by atoms with Gasteiger partial charge in [0.15, 0.2) is 0 Å². The fourth-order valence-corrected chi connectivity index (χ4v) is 2.63. The number of halogens is 2. The Morgan fingerprint density at radius 2 is 2.06 bits per heavy atom. The Kier molecular flexibility index (Phi) is 2.25. The van der Waals surface area contributed by atoms with E-state index in [2.05, 4.69) is 12.2 Å². The zero-order valence-corrected chi connectivity index (χ0v) is 9.26. The largest absolute Gasteiger partial charge is 0.307 e. The molecule has 3 heteroatoms. The molecule has 3 atom stereocenters.